The molecule has 1 aromatic carbocycles. The number of carbonyl (C=O) groups excluding carboxylic acids is 1. The molecule has 1 heterocycles. The smallest absolute Gasteiger partial charge is 0.227 e. The number of halogens is 1. The molecule has 1 aliphatic rings. The fourth-order valence-electron chi connectivity index (χ4n) is 2.81. The standard InChI is InChI=1S/C15H20ClNO/c1-11-6-5-7-12(2)17(11)15(18)10-13-8-3-4-9-14(13)16/h3-4,8-9,11-12H,5-7,10H2,1-2H3. The van der Waals surface area contributed by atoms with Gasteiger partial charge in [0.25, 0.3) is 0 Å². The molecule has 2 atom stereocenters. The molecule has 2 rings (SSSR count). The highest BCUT2D eigenvalue weighted by Gasteiger charge is 2.28. The number of benzene rings is 1. The summed E-state index contributed by atoms with van der Waals surface area (Å²) in [6.07, 6.45) is 3.85. The maximum absolute atomic E-state index is 12.4. The molecule has 0 bridgehead atoms. The molecular formula is C15H20ClNO. The van der Waals surface area contributed by atoms with E-state index in [0.29, 0.717) is 23.5 Å². The molecule has 1 saturated heterocycles. The molecule has 0 N–H and O–H groups in total. The molecule has 1 fully saturated rings. The van der Waals surface area contributed by atoms with Crippen molar-refractivity contribution in [2.75, 3.05) is 0 Å². The minimum Gasteiger partial charge on any atom is -0.337 e. The molecule has 0 aromatic heterocycles. The first kappa shape index (κ1) is 13.4. The number of piperidine rings is 1. The summed E-state index contributed by atoms with van der Waals surface area (Å²) in [6, 6.07) is 8.29. The molecule has 0 saturated carbocycles. The van der Waals surface area contributed by atoms with Crippen molar-refractivity contribution >= 4 is 17.5 Å². The van der Waals surface area contributed by atoms with Crippen molar-refractivity contribution < 1.29 is 4.79 Å². The lowest BCUT2D eigenvalue weighted by Crippen LogP contribution is -2.48. The summed E-state index contributed by atoms with van der Waals surface area (Å²) in [6.45, 7) is 4.28. The van der Waals surface area contributed by atoms with Crippen LogP contribution in [-0.2, 0) is 11.2 Å². The minimum atomic E-state index is 0.197. The molecule has 2 unspecified atom stereocenters. The van der Waals surface area contributed by atoms with Gasteiger partial charge in [-0.3, -0.25) is 4.79 Å². The molecule has 1 aromatic rings. The highest BCUT2D eigenvalue weighted by atomic mass is 35.5. The van der Waals surface area contributed by atoms with Crippen LogP contribution in [0.3, 0.4) is 0 Å². The van der Waals surface area contributed by atoms with E-state index in [1.54, 1.807) is 0 Å². The Bertz CT molecular complexity index is 422. The van der Waals surface area contributed by atoms with Crippen LogP contribution in [0.5, 0.6) is 0 Å². The third kappa shape index (κ3) is 2.86. The molecule has 0 radical (unpaired) electrons. The van der Waals surface area contributed by atoms with E-state index in [4.69, 9.17) is 11.6 Å². The number of rotatable bonds is 2. The lowest BCUT2D eigenvalue weighted by molar-refractivity contribution is -0.136. The highest BCUT2D eigenvalue weighted by molar-refractivity contribution is 6.31. The van der Waals surface area contributed by atoms with Crippen LogP contribution >= 0.6 is 11.6 Å². The largest absolute Gasteiger partial charge is 0.337 e. The predicted octanol–water partition coefficient (Wildman–Crippen LogP) is 3.67. The summed E-state index contributed by atoms with van der Waals surface area (Å²) in [4.78, 5) is 14.4. The molecular weight excluding hydrogens is 246 g/mol. The first-order valence-electron chi connectivity index (χ1n) is 6.64. The second kappa shape index (κ2) is 5.75. The van der Waals surface area contributed by atoms with E-state index < -0.39 is 0 Å². The Labute approximate surface area is 114 Å². The number of amides is 1. The SMILES string of the molecule is CC1CCCC(C)N1C(=O)Cc1ccccc1Cl. The van der Waals surface area contributed by atoms with E-state index in [2.05, 4.69) is 13.8 Å². The zero-order chi connectivity index (χ0) is 13.1. The molecule has 2 nitrogen and oxygen atoms in total. The maximum Gasteiger partial charge on any atom is 0.227 e. The lowest BCUT2D eigenvalue weighted by Gasteiger charge is -2.39. The van der Waals surface area contributed by atoms with Gasteiger partial charge in [-0.05, 0) is 44.7 Å². The van der Waals surface area contributed by atoms with Gasteiger partial charge in [0.2, 0.25) is 5.91 Å². The fourth-order valence-corrected chi connectivity index (χ4v) is 3.01. The van der Waals surface area contributed by atoms with E-state index in [0.717, 1.165) is 18.4 Å². The molecule has 18 heavy (non-hydrogen) atoms. The molecule has 1 amide bonds. The van der Waals surface area contributed by atoms with Gasteiger partial charge in [0.1, 0.15) is 0 Å². The highest BCUT2D eigenvalue weighted by Crippen LogP contribution is 2.24. The van der Waals surface area contributed by atoms with E-state index in [9.17, 15) is 4.79 Å². The third-order valence-electron chi connectivity index (χ3n) is 3.78. The van der Waals surface area contributed by atoms with Crippen molar-refractivity contribution in [1.29, 1.82) is 0 Å². The van der Waals surface area contributed by atoms with Gasteiger partial charge in [-0.15, -0.1) is 0 Å². The third-order valence-corrected chi connectivity index (χ3v) is 4.15. The molecule has 0 spiro atoms. The summed E-state index contributed by atoms with van der Waals surface area (Å²) in [5, 5.41) is 0.683. The summed E-state index contributed by atoms with van der Waals surface area (Å²) in [5.41, 5.74) is 0.925. The predicted molar refractivity (Wildman–Crippen MR) is 74.8 cm³/mol. The Hall–Kier alpha value is -1.02. The van der Waals surface area contributed by atoms with Gasteiger partial charge >= 0.3 is 0 Å². The van der Waals surface area contributed by atoms with Gasteiger partial charge in [0, 0.05) is 17.1 Å². The van der Waals surface area contributed by atoms with Crippen LogP contribution in [0.2, 0.25) is 5.02 Å². The lowest BCUT2D eigenvalue weighted by atomic mass is 9.96. The van der Waals surface area contributed by atoms with Crippen LogP contribution in [0.1, 0.15) is 38.7 Å². The maximum atomic E-state index is 12.4. The van der Waals surface area contributed by atoms with Crippen LogP contribution < -0.4 is 0 Å². The van der Waals surface area contributed by atoms with E-state index in [1.807, 2.05) is 29.2 Å². The molecule has 1 aliphatic heterocycles. The van der Waals surface area contributed by atoms with Gasteiger partial charge in [-0.2, -0.15) is 0 Å². The zero-order valence-corrected chi connectivity index (χ0v) is 11.8. The molecule has 0 aliphatic carbocycles. The molecule has 98 valence electrons. The van der Waals surface area contributed by atoms with E-state index in [1.165, 1.54) is 6.42 Å². The summed E-state index contributed by atoms with van der Waals surface area (Å²) in [7, 11) is 0. The Morgan fingerprint density at radius 1 is 1.28 bits per heavy atom. The Morgan fingerprint density at radius 3 is 2.50 bits per heavy atom. The first-order chi connectivity index (χ1) is 8.59. The zero-order valence-electron chi connectivity index (χ0n) is 11.0. The monoisotopic (exact) mass is 265 g/mol. The molecule has 3 heteroatoms. The second-order valence-corrected chi connectivity index (χ2v) is 5.61. The van der Waals surface area contributed by atoms with Gasteiger partial charge in [-0.1, -0.05) is 29.8 Å². The van der Waals surface area contributed by atoms with Crippen LogP contribution in [-0.4, -0.2) is 22.9 Å². The van der Waals surface area contributed by atoms with Crippen molar-refractivity contribution in [1.82, 2.24) is 4.90 Å². The Balaban J connectivity index is 2.09. The van der Waals surface area contributed by atoms with Crippen molar-refractivity contribution in [3.63, 3.8) is 0 Å². The Morgan fingerprint density at radius 2 is 1.89 bits per heavy atom. The van der Waals surface area contributed by atoms with Gasteiger partial charge < -0.3 is 4.90 Å². The number of carbonyl (C=O) groups is 1. The summed E-state index contributed by atoms with van der Waals surface area (Å²) >= 11 is 6.11. The van der Waals surface area contributed by atoms with Crippen molar-refractivity contribution in [2.45, 2.75) is 51.6 Å². The van der Waals surface area contributed by atoms with Gasteiger partial charge in [0.15, 0.2) is 0 Å². The number of nitrogens with zero attached hydrogens (tertiary/aromatic N) is 1. The number of hydrogen-bond donors (Lipinski definition) is 0. The van der Waals surface area contributed by atoms with Crippen molar-refractivity contribution in [2.24, 2.45) is 0 Å². The van der Waals surface area contributed by atoms with Crippen LogP contribution in [0, 0.1) is 0 Å². The van der Waals surface area contributed by atoms with Crippen molar-refractivity contribution in [3.8, 4) is 0 Å². The minimum absolute atomic E-state index is 0.197. The van der Waals surface area contributed by atoms with Crippen LogP contribution in [0.4, 0.5) is 0 Å². The number of likely N-dealkylation sites (tertiary alicyclic amines) is 1. The Kier molecular flexibility index (Phi) is 4.28. The van der Waals surface area contributed by atoms with Crippen LogP contribution in [0.15, 0.2) is 24.3 Å². The van der Waals surface area contributed by atoms with Crippen molar-refractivity contribution in [3.05, 3.63) is 34.9 Å². The first-order valence-corrected chi connectivity index (χ1v) is 7.02. The van der Waals surface area contributed by atoms with E-state index in [-0.39, 0.29) is 5.91 Å². The van der Waals surface area contributed by atoms with Crippen LogP contribution in [0.25, 0.3) is 0 Å². The number of hydrogen-bond acceptors (Lipinski definition) is 1. The topological polar surface area (TPSA) is 20.3 Å². The second-order valence-electron chi connectivity index (χ2n) is 5.20. The fraction of sp³-hybridized carbons (Fsp3) is 0.533. The average Bonchev–Trinajstić information content (AvgIpc) is 2.32. The normalized spacial score (nSPS) is 24.1. The summed E-state index contributed by atoms with van der Waals surface area (Å²) in [5.74, 6) is 0.197. The quantitative estimate of drug-likeness (QED) is 0.799. The average molecular weight is 266 g/mol. The van der Waals surface area contributed by atoms with E-state index >= 15 is 0 Å². The summed E-state index contributed by atoms with van der Waals surface area (Å²) < 4.78 is 0. The van der Waals surface area contributed by atoms with Gasteiger partial charge in [0.05, 0.1) is 6.42 Å². The van der Waals surface area contributed by atoms with Gasteiger partial charge in [-0.25, -0.2) is 0 Å².